The molecule has 5 aromatic carbocycles. The number of rotatable bonds is 4. The summed E-state index contributed by atoms with van der Waals surface area (Å²) < 4.78 is 149. The number of ether oxygens (including phenoxy) is 2. The third kappa shape index (κ3) is 4.54. The SMILES string of the molecule is O=C(Oc1ccc(OC(=O)c2ccc(F)c(F)c2F)c2cc3c(F)c(F)c(F)c(F)c3cc12)c1ccc(F)c(F)c1F. The zero-order chi connectivity index (χ0) is 30.6. The van der Waals surface area contributed by atoms with Gasteiger partial charge in [0.1, 0.15) is 11.5 Å². The number of esters is 2. The van der Waals surface area contributed by atoms with Gasteiger partial charge in [0.05, 0.1) is 11.1 Å². The lowest BCUT2D eigenvalue weighted by Crippen LogP contribution is -2.14. The molecule has 0 radical (unpaired) electrons. The molecule has 0 fully saturated rings. The molecule has 14 heteroatoms. The first-order valence-corrected chi connectivity index (χ1v) is 11.3. The van der Waals surface area contributed by atoms with E-state index in [0.29, 0.717) is 36.4 Å². The normalized spacial score (nSPS) is 11.3. The summed E-state index contributed by atoms with van der Waals surface area (Å²) in [5.74, 6) is -23.9. The fourth-order valence-corrected chi connectivity index (χ4v) is 3.99. The Morgan fingerprint density at radius 1 is 0.405 bits per heavy atom. The van der Waals surface area contributed by atoms with Crippen molar-refractivity contribution in [3.63, 3.8) is 0 Å². The minimum absolute atomic E-state index is 0.413. The van der Waals surface area contributed by atoms with Crippen LogP contribution in [-0.2, 0) is 0 Å². The number of benzene rings is 5. The van der Waals surface area contributed by atoms with E-state index in [2.05, 4.69) is 0 Å². The lowest BCUT2D eigenvalue weighted by molar-refractivity contribution is 0.0716. The first kappa shape index (κ1) is 28.4. The van der Waals surface area contributed by atoms with E-state index in [1.807, 2.05) is 0 Å². The molecule has 0 saturated carbocycles. The highest BCUT2D eigenvalue weighted by atomic mass is 19.2. The van der Waals surface area contributed by atoms with Crippen molar-refractivity contribution in [1.82, 2.24) is 0 Å². The Hall–Kier alpha value is -5.14. The summed E-state index contributed by atoms with van der Waals surface area (Å²) in [7, 11) is 0. The van der Waals surface area contributed by atoms with Gasteiger partial charge in [0.15, 0.2) is 58.2 Å². The van der Waals surface area contributed by atoms with Gasteiger partial charge in [-0.1, -0.05) is 0 Å². The van der Waals surface area contributed by atoms with Gasteiger partial charge in [-0.3, -0.25) is 0 Å². The van der Waals surface area contributed by atoms with E-state index in [9.17, 15) is 53.5 Å². The molecule has 0 heterocycles. The number of carbonyl (C=O) groups is 2. The quantitative estimate of drug-likeness (QED) is 0.0529. The van der Waals surface area contributed by atoms with Gasteiger partial charge >= 0.3 is 11.9 Å². The van der Waals surface area contributed by atoms with Gasteiger partial charge in [0.25, 0.3) is 0 Å². The second-order valence-electron chi connectivity index (χ2n) is 8.49. The minimum Gasteiger partial charge on any atom is -0.422 e. The molecule has 0 aliphatic carbocycles. The van der Waals surface area contributed by atoms with Gasteiger partial charge in [0, 0.05) is 21.5 Å². The summed E-state index contributed by atoms with van der Waals surface area (Å²) in [5, 5.41) is -2.82. The molecule has 0 amide bonds. The third-order valence-corrected chi connectivity index (χ3v) is 6.04. The van der Waals surface area contributed by atoms with Crippen LogP contribution in [0.4, 0.5) is 43.9 Å². The van der Waals surface area contributed by atoms with Crippen molar-refractivity contribution in [3.8, 4) is 11.5 Å². The van der Waals surface area contributed by atoms with Crippen LogP contribution in [0.15, 0.2) is 48.5 Å². The molecule has 0 spiro atoms. The molecule has 0 atom stereocenters. The summed E-state index contributed by atoms with van der Waals surface area (Å²) >= 11 is 0. The summed E-state index contributed by atoms with van der Waals surface area (Å²) in [6, 6.07) is 4.80. The molecule has 0 bridgehead atoms. The fourth-order valence-electron chi connectivity index (χ4n) is 3.99. The van der Waals surface area contributed by atoms with Crippen LogP contribution in [0.25, 0.3) is 21.5 Å². The summed E-state index contributed by atoms with van der Waals surface area (Å²) in [4.78, 5) is 25.2. The van der Waals surface area contributed by atoms with Crippen molar-refractivity contribution in [2.24, 2.45) is 0 Å². The van der Waals surface area contributed by atoms with Crippen LogP contribution in [0.3, 0.4) is 0 Å². The number of carbonyl (C=O) groups excluding carboxylic acids is 2. The van der Waals surface area contributed by atoms with Crippen molar-refractivity contribution in [3.05, 3.63) is 118 Å². The van der Waals surface area contributed by atoms with Crippen molar-refractivity contribution in [1.29, 1.82) is 0 Å². The third-order valence-electron chi connectivity index (χ3n) is 6.04. The maximum atomic E-state index is 14.6. The smallest absolute Gasteiger partial charge is 0.346 e. The highest BCUT2D eigenvalue weighted by Gasteiger charge is 2.26. The first-order chi connectivity index (χ1) is 19.8. The average molecular weight is 598 g/mol. The van der Waals surface area contributed by atoms with E-state index in [1.165, 1.54) is 0 Å². The van der Waals surface area contributed by atoms with Crippen molar-refractivity contribution in [2.75, 3.05) is 0 Å². The second kappa shape index (κ2) is 10.4. The van der Waals surface area contributed by atoms with E-state index in [0.717, 1.165) is 12.1 Å². The van der Waals surface area contributed by atoms with Gasteiger partial charge in [0.2, 0.25) is 0 Å². The topological polar surface area (TPSA) is 52.6 Å². The maximum Gasteiger partial charge on any atom is 0.346 e. The van der Waals surface area contributed by atoms with Crippen LogP contribution in [0.1, 0.15) is 20.7 Å². The predicted molar refractivity (Wildman–Crippen MR) is 124 cm³/mol. The number of fused-ring (bicyclic) bond motifs is 2. The summed E-state index contributed by atoms with van der Waals surface area (Å²) in [5.41, 5.74) is -2.20. The number of halogens is 10. The van der Waals surface area contributed by atoms with Crippen LogP contribution >= 0.6 is 0 Å². The van der Waals surface area contributed by atoms with Crippen molar-refractivity contribution >= 4 is 33.5 Å². The minimum atomic E-state index is -2.21. The molecule has 0 aliphatic rings. The van der Waals surface area contributed by atoms with E-state index in [1.54, 1.807) is 0 Å². The fraction of sp³-hybridized carbons (Fsp3) is 0. The molecule has 42 heavy (non-hydrogen) atoms. The summed E-state index contributed by atoms with van der Waals surface area (Å²) in [6.45, 7) is 0. The Morgan fingerprint density at radius 2 is 0.762 bits per heavy atom. The largest absolute Gasteiger partial charge is 0.422 e. The first-order valence-electron chi connectivity index (χ1n) is 11.3. The Morgan fingerprint density at radius 3 is 1.12 bits per heavy atom. The van der Waals surface area contributed by atoms with Crippen molar-refractivity contribution < 1.29 is 63.0 Å². The molecule has 4 nitrogen and oxygen atoms in total. The highest BCUT2D eigenvalue weighted by Crippen LogP contribution is 2.39. The Bertz CT molecular complexity index is 1850. The standard InChI is InChI=1S/C28H8F10O4/c29-15-3-1-9(19(31)23(15)35)27(39)41-17-5-6-18(42-28(40)10-2-4-16(30)24(36)20(10)32)12-8-14-13(7-11(12)17)21(33)25(37)26(38)22(14)34/h1-8H. The molecule has 214 valence electrons. The monoisotopic (exact) mass is 598 g/mol. The van der Waals surface area contributed by atoms with Gasteiger partial charge in [-0.25, -0.2) is 53.5 Å². The molecule has 0 aliphatic heterocycles. The summed E-state index contributed by atoms with van der Waals surface area (Å²) in [6.07, 6.45) is 0. The van der Waals surface area contributed by atoms with Gasteiger partial charge < -0.3 is 9.47 Å². The Kier molecular flexibility index (Phi) is 7.00. The Labute approximate surface area is 226 Å². The van der Waals surface area contributed by atoms with E-state index in [-0.39, 0.29) is 0 Å². The molecule has 0 aromatic heterocycles. The average Bonchev–Trinajstić information content (AvgIpc) is 2.97. The van der Waals surface area contributed by atoms with Gasteiger partial charge in [-0.05, 0) is 48.5 Å². The predicted octanol–water partition coefficient (Wildman–Crippen LogP) is 7.82. The van der Waals surface area contributed by atoms with Crippen LogP contribution in [-0.4, -0.2) is 11.9 Å². The van der Waals surface area contributed by atoms with Crippen LogP contribution in [0.2, 0.25) is 0 Å². The van der Waals surface area contributed by atoms with Crippen LogP contribution in [0.5, 0.6) is 11.5 Å². The lowest BCUT2D eigenvalue weighted by Gasteiger charge is -2.14. The Balaban J connectivity index is 1.69. The van der Waals surface area contributed by atoms with Crippen LogP contribution in [0, 0.1) is 58.2 Å². The van der Waals surface area contributed by atoms with Crippen LogP contribution < -0.4 is 9.47 Å². The van der Waals surface area contributed by atoms with E-state index in [4.69, 9.17) is 9.47 Å². The van der Waals surface area contributed by atoms with Gasteiger partial charge in [-0.15, -0.1) is 0 Å². The van der Waals surface area contributed by atoms with E-state index < -0.39 is 114 Å². The second-order valence-corrected chi connectivity index (χ2v) is 8.49. The molecule has 5 rings (SSSR count). The lowest BCUT2D eigenvalue weighted by atomic mass is 10.0. The van der Waals surface area contributed by atoms with Crippen molar-refractivity contribution in [2.45, 2.75) is 0 Å². The number of hydrogen-bond donors (Lipinski definition) is 0. The molecule has 0 N–H and O–H groups in total. The highest BCUT2D eigenvalue weighted by molar-refractivity contribution is 6.06. The maximum absolute atomic E-state index is 14.6. The molecule has 5 aromatic rings. The molecular formula is C28H8F10O4. The molecule has 0 unspecified atom stereocenters. The molecular weight excluding hydrogens is 590 g/mol. The number of hydrogen-bond acceptors (Lipinski definition) is 4. The van der Waals surface area contributed by atoms with E-state index >= 15 is 0 Å². The zero-order valence-corrected chi connectivity index (χ0v) is 20.0. The zero-order valence-electron chi connectivity index (χ0n) is 20.0. The molecule has 0 saturated heterocycles. The van der Waals surface area contributed by atoms with Gasteiger partial charge in [-0.2, -0.15) is 0 Å².